The van der Waals surface area contributed by atoms with Crippen molar-refractivity contribution in [2.24, 2.45) is 0 Å². The van der Waals surface area contributed by atoms with Crippen molar-refractivity contribution in [3.8, 4) is 0 Å². The number of hydrogen-bond acceptors (Lipinski definition) is 4. The number of thiazole rings is 1. The molecule has 0 unspecified atom stereocenters. The minimum absolute atomic E-state index is 0.168. The first-order valence-corrected chi connectivity index (χ1v) is 5.34. The fourth-order valence-corrected chi connectivity index (χ4v) is 1.83. The van der Waals surface area contributed by atoms with Crippen molar-refractivity contribution in [1.29, 1.82) is 0 Å². The molecule has 1 aromatic heterocycles. The van der Waals surface area contributed by atoms with E-state index in [0.29, 0.717) is 19.5 Å². The Balaban J connectivity index is 2.30. The molecule has 14 heavy (non-hydrogen) atoms. The molecular weight excluding hydrogens is 196 g/mol. The normalized spacial score (nSPS) is 10.1. The van der Waals surface area contributed by atoms with Crippen LogP contribution in [0.3, 0.4) is 0 Å². The van der Waals surface area contributed by atoms with E-state index in [1.807, 2.05) is 12.3 Å². The van der Waals surface area contributed by atoms with E-state index in [0.717, 1.165) is 10.7 Å². The first-order valence-electron chi connectivity index (χ1n) is 4.46. The third kappa shape index (κ3) is 3.81. The molecule has 0 radical (unpaired) electrons. The maximum atomic E-state index is 11.4. The molecule has 0 bridgehead atoms. The van der Waals surface area contributed by atoms with Gasteiger partial charge in [-0.3, -0.25) is 4.79 Å². The van der Waals surface area contributed by atoms with Crippen molar-refractivity contribution in [3.63, 3.8) is 0 Å². The number of carbonyl (C=O) groups is 1. The topological polar surface area (TPSA) is 42.0 Å². The number of ketones is 1. The van der Waals surface area contributed by atoms with Gasteiger partial charge in [-0.1, -0.05) is 6.08 Å². The largest absolute Gasteiger partial charge is 0.307 e. The summed E-state index contributed by atoms with van der Waals surface area (Å²) in [5.41, 5.74) is 0.983. The summed E-state index contributed by atoms with van der Waals surface area (Å²) in [6.45, 7) is 6.55. The maximum Gasteiger partial charge on any atom is 0.153 e. The number of carbonyl (C=O) groups excluding carboxylic acids is 1. The monoisotopic (exact) mass is 210 g/mol. The number of Topliss-reactive ketones (excluding diaryl/α,β-unsaturated/α-hetero) is 1. The zero-order chi connectivity index (χ0) is 10.4. The van der Waals surface area contributed by atoms with E-state index in [9.17, 15) is 4.79 Å². The van der Waals surface area contributed by atoms with E-state index in [1.165, 1.54) is 11.3 Å². The number of rotatable bonds is 6. The van der Waals surface area contributed by atoms with Crippen LogP contribution in [0.4, 0.5) is 0 Å². The molecule has 0 aliphatic rings. The quantitative estimate of drug-likeness (QED) is 0.569. The average molecular weight is 210 g/mol. The SMILES string of the molecule is C=CCNCC(=O)Cc1nc(C)cs1. The second kappa shape index (κ2) is 5.67. The van der Waals surface area contributed by atoms with E-state index in [1.54, 1.807) is 6.08 Å². The zero-order valence-corrected chi connectivity index (χ0v) is 9.06. The summed E-state index contributed by atoms with van der Waals surface area (Å²) in [5.74, 6) is 0.168. The Bertz CT molecular complexity index is 320. The van der Waals surface area contributed by atoms with E-state index < -0.39 is 0 Å². The molecule has 0 aromatic carbocycles. The second-order valence-corrected chi connectivity index (χ2v) is 3.96. The lowest BCUT2D eigenvalue weighted by Crippen LogP contribution is -2.24. The van der Waals surface area contributed by atoms with Crippen molar-refractivity contribution in [1.82, 2.24) is 10.3 Å². The lowest BCUT2D eigenvalue weighted by molar-refractivity contribution is -0.117. The summed E-state index contributed by atoms with van der Waals surface area (Å²) < 4.78 is 0. The summed E-state index contributed by atoms with van der Waals surface area (Å²) in [6.07, 6.45) is 2.17. The van der Waals surface area contributed by atoms with Crippen molar-refractivity contribution < 1.29 is 4.79 Å². The minimum Gasteiger partial charge on any atom is -0.307 e. The molecule has 0 spiro atoms. The predicted octanol–water partition coefficient (Wildman–Crippen LogP) is 1.34. The van der Waals surface area contributed by atoms with Crippen molar-refractivity contribution >= 4 is 17.1 Å². The number of nitrogens with one attached hydrogen (secondary N) is 1. The molecule has 0 saturated carbocycles. The van der Waals surface area contributed by atoms with Crippen molar-refractivity contribution in [2.45, 2.75) is 13.3 Å². The van der Waals surface area contributed by atoms with Crippen LogP contribution in [0, 0.1) is 6.92 Å². The maximum absolute atomic E-state index is 11.4. The molecule has 1 aromatic rings. The molecule has 1 heterocycles. The lowest BCUT2D eigenvalue weighted by atomic mass is 10.3. The molecule has 1 rings (SSSR count). The highest BCUT2D eigenvalue weighted by molar-refractivity contribution is 7.09. The van der Waals surface area contributed by atoms with E-state index in [-0.39, 0.29) is 5.78 Å². The minimum atomic E-state index is 0.168. The van der Waals surface area contributed by atoms with Crippen LogP contribution in [0.2, 0.25) is 0 Å². The van der Waals surface area contributed by atoms with Gasteiger partial charge < -0.3 is 5.32 Å². The fraction of sp³-hybridized carbons (Fsp3) is 0.400. The molecule has 1 N–H and O–H groups in total. The Labute approximate surface area is 87.9 Å². The Morgan fingerprint density at radius 3 is 3.14 bits per heavy atom. The Hall–Kier alpha value is -1.000. The molecule has 76 valence electrons. The Morgan fingerprint density at radius 2 is 2.57 bits per heavy atom. The summed E-state index contributed by atoms with van der Waals surface area (Å²) >= 11 is 1.54. The summed E-state index contributed by atoms with van der Waals surface area (Å²) in [5, 5.41) is 5.83. The molecule has 3 nitrogen and oxygen atoms in total. The van der Waals surface area contributed by atoms with Gasteiger partial charge in [-0.15, -0.1) is 17.9 Å². The smallest absolute Gasteiger partial charge is 0.153 e. The highest BCUT2D eigenvalue weighted by Crippen LogP contribution is 2.09. The van der Waals surface area contributed by atoms with E-state index in [4.69, 9.17) is 0 Å². The van der Waals surface area contributed by atoms with Crippen LogP contribution in [-0.2, 0) is 11.2 Å². The van der Waals surface area contributed by atoms with Gasteiger partial charge in [0, 0.05) is 17.6 Å². The molecule has 0 saturated heterocycles. The predicted molar refractivity (Wildman–Crippen MR) is 58.6 cm³/mol. The van der Waals surface area contributed by atoms with Gasteiger partial charge in [-0.05, 0) is 6.92 Å². The van der Waals surface area contributed by atoms with Gasteiger partial charge in [-0.2, -0.15) is 0 Å². The molecule has 0 fully saturated rings. The van der Waals surface area contributed by atoms with Gasteiger partial charge in [-0.25, -0.2) is 4.98 Å². The van der Waals surface area contributed by atoms with Crippen LogP contribution in [0.5, 0.6) is 0 Å². The standard InChI is InChI=1S/C10H14N2OS/c1-3-4-11-6-9(13)5-10-12-8(2)7-14-10/h3,7,11H,1,4-6H2,2H3. The Kier molecular flexibility index (Phi) is 4.49. The van der Waals surface area contributed by atoms with Crippen LogP contribution in [0.15, 0.2) is 18.0 Å². The second-order valence-electron chi connectivity index (χ2n) is 3.02. The first-order chi connectivity index (χ1) is 6.72. The molecule has 0 atom stereocenters. The summed E-state index contributed by atoms with van der Waals surface area (Å²) in [6, 6.07) is 0. The molecule has 0 aliphatic carbocycles. The lowest BCUT2D eigenvalue weighted by Gasteiger charge is -1.98. The molecular formula is C10H14N2OS. The van der Waals surface area contributed by atoms with Crippen LogP contribution < -0.4 is 5.32 Å². The van der Waals surface area contributed by atoms with Crippen LogP contribution in [-0.4, -0.2) is 23.9 Å². The van der Waals surface area contributed by atoms with Gasteiger partial charge in [0.2, 0.25) is 0 Å². The highest BCUT2D eigenvalue weighted by Gasteiger charge is 2.05. The first kappa shape index (κ1) is 11.1. The van der Waals surface area contributed by atoms with Gasteiger partial charge in [0.25, 0.3) is 0 Å². The highest BCUT2D eigenvalue weighted by atomic mass is 32.1. The number of nitrogens with zero attached hydrogens (tertiary/aromatic N) is 1. The van der Waals surface area contributed by atoms with Gasteiger partial charge in [0.05, 0.1) is 13.0 Å². The molecule has 0 amide bonds. The van der Waals surface area contributed by atoms with Crippen LogP contribution >= 0.6 is 11.3 Å². The van der Waals surface area contributed by atoms with Gasteiger partial charge in [0.1, 0.15) is 5.01 Å². The average Bonchev–Trinajstić information content (AvgIpc) is 2.52. The third-order valence-corrected chi connectivity index (χ3v) is 2.59. The fourth-order valence-electron chi connectivity index (χ4n) is 1.03. The van der Waals surface area contributed by atoms with Crippen LogP contribution in [0.1, 0.15) is 10.7 Å². The number of aromatic nitrogens is 1. The Morgan fingerprint density at radius 1 is 1.79 bits per heavy atom. The zero-order valence-electron chi connectivity index (χ0n) is 8.25. The number of hydrogen-bond donors (Lipinski definition) is 1. The third-order valence-electron chi connectivity index (χ3n) is 1.63. The van der Waals surface area contributed by atoms with E-state index in [2.05, 4.69) is 16.9 Å². The van der Waals surface area contributed by atoms with Crippen LogP contribution in [0.25, 0.3) is 0 Å². The van der Waals surface area contributed by atoms with E-state index >= 15 is 0 Å². The molecule has 4 heteroatoms. The van der Waals surface area contributed by atoms with Crippen molar-refractivity contribution in [2.75, 3.05) is 13.1 Å². The summed E-state index contributed by atoms with van der Waals surface area (Å²) in [7, 11) is 0. The van der Waals surface area contributed by atoms with Gasteiger partial charge >= 0.3 is 0 Å². The van der Waals surface area contributed by atoms with Gasteiger partial charge in [0.15, 0.2) is 5.78 Å². The molecule has 0 aliphatic heterocycles. The summed E-state index contributed by atoms with van der Waals surface area (Å²) in [4.78, 5) is 15.6. The van der Waals surface area contributed by atoms with Crippen molar-refractivity contribution in [3.05, 3.63) is 28.7 Å². The number of aryl methyl sites for hydroxylation is 1.